The molecule has 2 amide bonds. The molecule has 0 radical (unpaired) electrons. The minimum Gasteiger partial charge on any atom is -0.326 e. The van der Waals surface area contributed by atoms with Crippen LogP contribution in [0.3, 0.4) is 0 Å². The van der Waals surface area contributed by atoms with E-state index < -0.39 is 29.1 Å². The van der Waals surface area contributed by atoms with Crippen molar-refractivity contribution >= 4 is 58.2 Å². The Hall–Kier alpha value is -3.43. The van der Waals surface area contributed by atoms with Gasteiger partial charge in [0.25, 0.3) is 5.56 Å². The number of amides is 2. The molecule has 1 aliphatic rings. The third kappa shape index (κ3) is 4.52. The van der Waals surface area contributed by atoms with Crippen LogP contribution in [0.4, 0.5) is 27.5 Å². The Morgan fingerprint density at radius 1 is 1.13 bits per heavy atom. The lowest BCUT2D eigenvalue weighted by atomic mass is 9.92. The number of aromatic amines is 1. The van der Waals surface area contributed by atoms with Crippen LogP contribution in [-0.2, 0) is 9.59 Å². The molecule has 0 saturated heterocycles. The molecule has 0 unspecified atom stereocenters. The summed E-state index contributed by atoms with van der Waals surface area (Å²) in [7, 11) is 0. The van der Waals surface area contributed by atoms with E-state index in [9.17, 15) is 18.8 Å². The third-order valence-electron chi connectivity index (χ3n) is 4.56. The lowest BCUT2D eigenvalue weighted by molar-refractivity contribution is -0.123. The van der Waals surface area contributed by atoms with Gasteiger partial charge in [0.1, 0.15) is 11.6 Å². The molecule has 0 spiro atoms. The van der Waals surface area contributed by atoms with Crippen LogP contribution in [0, 0.1) is 5.82 Å². The number of aromatic nitrogens is 2. The highest BCUT2D eigenvalue weighted by Crippen LogP contribution is 2.32. The quantitative estimate of drug-likeness (QED) is 0.468. The van der Waals surface area contributed by atoms with Gasteiger partial charge in [-0.25, -0.2) is 4.39 Å². The second kappa shape index (κ2) is 8.37. The number of nitrogens with zero attached hydrogens (tertiary/aromatic N) is 1. The highest BCUT2D eigenvalue weighted by molar-refractivity contribution is 6.35. The van der Waals surface area contributed by atoms with Gasteiger partial charge in [0, 0.05) is 17.1 Å². The van der Waals surface area contributed by atoms with Crippen molar-refractivity contribution in [3.63, 3.8) is 0 Å². The zero-order valence-corrected chi connectivity index (χ0v) is 17.1. The van der Waals surface area contributed by atoms with Gasteiger partial charge in [-0.3, -0.25) is 19.4 Å². The average molecular weight is 462 g/mol. The number of nitrogens with one attached hydrogen (secondary N) is 4. The van der Waals surface area contributed by atoms with Gasteiger partial charge in [-0.1, -0.05) is 23.2 Å². The molecule has 0 saturated carbocycles. The number of benzene rings is 2. The van der Waals surface area contributed by atoms with E-state index in [0.717, 1.165) is 0 Å². The maximum Gasteiger partial charge on any atom is 0.258 e. The summed E-state index contributed by atoms with van der Waals surface area (Å²) in [6.45, 7) is 0. The highest BCUT2D eigenvalue weighted by atomic mass is 35.5. The van der Waals surface area contributed by atoms with Crippen LogP contribution in [0.5, 0.6) is 0 Å². The van der Waals surface area contributed by atoms with Crippen LogP contribution in [0.25, 0.3) is 0 Å². The van der Waals surface area contributed by atoms with Crippen molar-refractivity contribution in [3.8, 4) is 0 Å². The molecular formula is C20H14Cl2FN5O3. The minimum atomic E-state index is -1.09. The van der Waals surface area contributed by atoms with E-state index in [1.165, 1.54) is 36.4 Å². The first-order valence-electron chi connectivity index (χ1n) is 9.03. The first-order valence-corrected chi connectivity index (χ1v) is 9.78. The second-order valence-corrected chi connectivity index (χ2v) is 7.57. The Morgan fingerprint density at radius 2 is 1.87 bits per heavy atom. The van der Waals surface area contributed by atoms with Crippen molar-refractivity contribution in [2.24, 2.45) is 0 Å². The van der Waals surface area contributed by atoms with E-state index in [4.69, 9.17) is 23.2 Å². The van der Waals surface area contributed by atoms with E-state index in [0.29, 0.717) is 10.7 Å². The molecule has 3 aromatic rings. The van der Waals surface area contributed by atoms with E-state index in [2.05, 4.69) is 25.9 Å². The lowest BCUT2D eigenvalue weighted by Gasteiger charge is -2.24. The Labute approximate surface area is 184 Å². The number of anilines is 4. The smallest absolute Gasteiger partial charge is 0.258 e. The largest absolute Gasteiger partial charge is 0.326 e. The number of fused-ring (bicyclic) bond motifs is 1. The molecule has 8 nitrogen and oxygen atoms in total. The topological polar surface area (TPSA) is 116 Å². The summed E-state index contributed by atoms with van der Waals surface area (Å²) in [4.78, 5) is 44.5. The number of hydrogen-bond donors (Lipinski definition) is 4. The first-order chi connectivity index (χ1) is 14.8. The van der Waals surface area contributed by atoms with Gasteiger partial charge >= 0.3 is 0 Å². The zero-order chi connectivity index (χ0) is 22.1. The molecule has 0 aliphatic carbocycles. The normalized spacial score (nSPS) is 15.1. The first kappa shape index (κ1) is 20.8. The monoisotopic (exact) mass is 461 g/mol. The SMILES string of the molecule is O=C1C[C@@H](C(=O)Nc2cc(Cl)ccc2Cl)c2c(nc(Nc3ccc(F)cc3)[nH]c2=O)N1. The Morgan fingerprint density at radius 3 is 2.61 bits per heavy atom. The molecular weight excluding hydrogens is 448 g/mol. The fraction of sp³-hybridized carbons (Fsp3) is 0.100. The van der Waals surface area contributed by atoms with Gasteiger partial charge in [-0.05, 0) is 42.5 Å². The summed E-state index contributed by atoms with van der Waals surface area (Å²) in [6, 6.07) is 9.93. The molecule has 1 aliphatic heterocycles. The van der Waals surface area contributed by atoms with E-state index >= 15 is 0 Å². The number of rotatable bonds is 4. The van der Waals surface area contributed by atoms with Gasteiger partial charge in [0.2, 0.25) is 17.8 Å². The van der Waals surface area contributed by atoms with Gasteiger partial charge in [-0.2, -0.15) is 4.98 Å². The number of carbonyl (C=O) groups excluding carboxylic acids is 2. The van der Waals surface area contributed by atoms with Crippen molar-refractivity contribution < 1.29 is 14.0 Å². The molecule has 1 atom stereocenters. The Kier molecular flexibility index (Phi) is 5.62. The molecule has 2 aromatic carbocycles. The lowest BCUT2D eigenvalue weighted by Crippen LogP contribution is -2.36. The molecule has 11 heteroatoms. The van der Waals surface area contributed by atoms with Crippen LogP contribution in [0.1, 0.15) is 17.9 Å². The Bertz CT molecular complexity index is 1250. The molecule has 1 aromatic heterocycles. The van der Waals surface area contributed by atoms with Crippen LogP contribution >= 0.6 is 23.2 Å². The molecule has 0 fully saturated rings. The predicted octanol–water partition coefficient (Wildman–Crippen LogP) is 4.02. The fourth-order valence-electron chi connectivity index (χ4n) is 3.14. The molecule has 0 bridgehead atoms. The minimum absolute atomic E-state index is 0.0138. The molecule has 158 valence electrons. The summed E-state index contributed by atoms with van der Waals surface area (Å²) < 4.78 is 13.1. The van der Waals surface area contributed by atoms with Gasteiger partial charge in [-0.15, -0.1) is 0 Å². The van der Waals surface area contributed by atoms with E-state index in [1.807, 2.05) is 0 Å². The van der Waals surface area contributed by atoms with Crippen molar-refractivity contribution in [2.75, 3.05) is 16.0 Å². The highest BCUT2D eigenvalue weighted by Gasteiger charge is 2.35. The van der Waals surface area contributed by atoms with Crippen LogP contribution < -0.4 is 21.5 Å². The van der Waals surface area contributed by atoms with Crippen LogP contribution in [-0.4, -0.2) is 21.8 Å². The number of hydrogen-bond acceptors (Lipinski definition) is 5. The molecule has 4 N–H and O–H groups in total. The molecule has 4 rings (SSSR count). The second-order valence-electron chi connectivity index (χ2n) is 6.73. The maximum atomic E-state index is 13.1. The zero-order valence-electron chi connectivity index (χ0n) is 15.6. The van der Waals surface area contributed by atoms with E-state index in [1.54, 1.807) is 6.07 Å². The summed E-state index contributed by atoms with van der Waals surface area (Å²) in [5.41, 5.74) is 0.133. The number of carbonyl (C=O) groups is 2. The van der Waals surface area contributed by atoms with Crippen LogP contribution in [0.15, 0.2) is 47.3 Å². The predicted molar refractivity (Wildman–Crippen MR) is 116 cm³/mol. The van der Waals surface area contributed by atoms with E-state index in [-0.39, 0.29) is 34.5 Å². The summed E-state index contributed by atoms with van der Waals surface area (Å²) in [5, 5.41) is 8.54. The van der Waals surface area contributed by atoms with Crippen molar-refractivity contribution in [2.45, 2.75) is 12.3 Å². The molecule has 2 heterocycles. The summed E-state index contributed by atoms with van der Waals surface area (Å²) in [5.74, 6) is -2.60. The third-order valence-corrected chi connectivity index (χ3v) is 5.13. The fourth-order valence-corrected chi connectivity index (χ4v) is 3.47. The van der Waals surface area contributed by atoms with Crippen LogP contribution in [0.2, 0.25) is 10.0 Å². The maximum absolute atomic E-state index is 13.1. The Balaban J connectivity index is 1.65. The van der Waals surface area contributed by atoms with Gasteiger partial charge < -0.3 is 16.0 Å². The number of halogens is 3. The van der Waals surface area contributed by atoms with Gasteiger partial charge in [0.15, 0.2) is 0 Å². The molecule has 31 heavy (non-hydrogen) atoms. The van der Waals surface area contributed by atoms with Gasteiger partial charge in [0.05, 0.1) is 22.2 Å². The average Bonchev–Trinajstić information content (AvgIpc) is 2.71. The standard InChI is InChI=1S/C20H14Cl2FN5O3/c21-9-1-6-13(22)14(7-9)25-18(30)12-8-15(29)26-17-16(12)19(31)28-20(27-17)24-11-4-2-10(23)3-5-11/h1-7,12H,8H2,(H,25,30)(H3,24,26,27,28,29,31)/t12-/m1/s1. The summed E-state index contributed by atoms with van der Waals surface area (Å²) in [6.07, 6.45) is -0.244. The van der Waals surface area contributed by atoms with Crippen molar-refractivity contribution in [1.29, 1.82) is 0 Å². The summed E-state index contributed by atoms with van der Waals surface area (Å²) >= 11 is 12.0. The van der Waals surface area contributed by atoms with Crippen molar-refractivity contribution in [3.05, 3.63) is 74.2 Å². The van der Waals surface area contributed by atoms with Crippen molar-refractivity contribution in [1.82, 2.24) is 9.97 Å². The number of H-pyrrole nitrogens is 1.